The van der Waals surface area contributed by atoms with Gasteiger partial charge in [0.25, 0.3) is 0 Å². The number of fused-ring (bicyclic) bond motifs is 1. The maximum absolute atomic E-state index is 11.1. The summed E-state index contributed by atoms with van der Waals surface area (Å²) < 4.78 is 6.10. The minimum Gasteiger partial charge on any atom is -0.449 e. The van der Waals surface area contributed by atoms with Crippen molar-refractivity contribution >= 4 is 44.4 Å². The lowest BCUT2D eigenvalue weighted by Crippen LogP contribution is -2.13. The highest BCUT2D eigenvalue weighted by Crippen LogP contribution is 2.37. The molecule has 0 aliphatic carbocycles. The lowest BCUT2D eigenvalue weighted by molar-refractivity contribution is -0.117. The summed E-state index contributed by atoms with van der Waals surface area (Å²) in [5.41, 5.74) is 8.56. The molecular weight excluding hydrogens is 305 g/mol. The number of hydrogen-bond acceptors (Lipinski definition) is 2. The fourth-order valence-electron chi connectivity index (χ4n) is 1.97. The Balaban J connectivity index is 2.80. The van der Waals surface area contributed by atoms with Crippen LogP contribution < -0.4 is 5.73 Å². The smallest absolute Gasteiger partial charge is 0.222 e. The Kier molecular flexibility index (Phi) is 3.19. The zero-order valence-corrected chi connectivity index (χ0v) is 11.8. The van der Waals surface area contributed by atoms with Gasteiger partial charge in [-0.1, -0.05) is 11.6 Å². The molecule has 0 aliphatic rings. The largest absolute Gasteiger partial charge is 0.449 e. The third-order valence-corrected chi connectivity index (χ3v) is 3.96. The number of rotatable bonds is 2. The van der Waals surface area contributed by atoms with Crippen molar-refractivity contribution in [3.05, 3.63) is 32.4 Å². The lowest BCUT2D eigenvalue weighted by Gasteiger charge is -2.04. The van der Waals surface area contributed by atoms with Gasteiger partial charge in [-0.3, -0.25) is 4.79 Å². The van der Waals surface area contributed by atoms with Crippen LogP contribution in [0.1, 0.15) is 16.7 Å². The van der Waals surface area contributed by atoms with Crippen molar-refractivity contribution in [1.82, 2.24) is 0 Å². The number of amides is 1. The molecule has 3 nitrogen and oxygen atoms in total. The van der Waals surface area contributed by atoms with E-state index in [0.717, 1.165) is 22.1 Å². The molecular formula is C12H11BrClNO2. The number of primary amides is 1. The Labute approximate surface area is 112 Å². The molecule has 2 rings (SSSR count). The van der Waals surface area contributed by atoms with E-state index in [2.05, 4.69) is 15.9 Å². The molecule has 1 aromatic carbocycles. The third kappa shape index (κ3) is 2.07. The minimum absolute atomic E-state index is 0.133. The Morgan fingerprint density at radius 2 is 2.18 bits per heavy atom. The van der Waals surface area contributed by atoms with Crippen molar-refractivity contribution in [1.29, 1.82) is 0 Å². The van der Waals surface area contributed by atoms with Crippen LogP contribution >= 0.6 is 27.5 Å². The van der Waals surface area contributed by atoms with Crippen LogP contribution in [-0.2, 0) is 11.2 Å². The second kappa shape index (κ2) is 4.35. The van der Waals surface area contributed by atoms with E-state index in [1.807, 2.05) is 19.9 Å². The van der Waals surface area contributed by atoms with Crippen LogP contribution in [0.15, 0.2) is 15.2 Å². The minimum atomic E-state index is -0.399. The highest BCUT2D eigenvalue weighted by Gasteiger charge is 2.18. The van der Waals surface area contributed by atoms with E-state index < -0.39 is 5.91 Å². The molecule has 0 spiro atoms. The summed E-state index contributed by atoms with van der Waals surface area (Å²) >= 11 is 9.51. The molecule has 1 amide bonds. The Morgan fingerprint density at radius 3 is 2.76 bits per heavy atom. The first-order chi connectivity index (χ1) is 7.91. The molecule has 0 aliphatic heterocycles. The van der Waals surface area contributed by atoms with Gasteiger partial charge in [-0.2, -0.15) is 0 Å². The van der Waals surface area contributed by atoms with Crippen LogP contribution in [0.3, 0.4) is 0 Å². The van der Waals surface area contributed by atoms with E-state index >= 15 is 0 Å². The molecule has 0 unspecified atom stereocenters. The summed E-state index contributed by atoms with van der Waals surface area (Å²) in [5, 5.41) is 1.56. The fraction of sp³-hybridized carbons (Fsp3) is 0.250. The zero-order chi connectivity index (χ0) is 12.7. The summed E-state index contributed by atoms with van der Waals surface area (Å²) in [6.45, 7) is 3.82. The number of hydrogen-bond donors (Lipinski definition) is 1. The van der Waals surface area contributed by atoms with Crippen molar-refractivity contribution in [3.8, 4) is 0 Å². The molecule has 0 saturated carbocycles. The van der Waals surface area contributed by atoms with Gasteiger partial charge in [0.05, 0.1) is 6.42 Å². The normalized spacial score (nSPS) is 11.1. The monoisotopic (exact) mass is 315 g/mol. The number of aryl methyl sites for hydroxylation is 2. The molecule has 0 fully saturated rings. The molecule has 90 valence electrons. The number of nitrogens with two attached hydrogens (primary N) is 1. The van der Waals surface area contributed by atoms with Crippen LogP contribution in [0.5, 0.6) is 0 Å². The second-order valence-corrected chi connectivity index (χ2v) is 5.10. The number of benzene rings is 1. The number of carbonyl (C=O) groups is 1. The standard InChI is InChI=1S/C12H11BrClNO2/c1-5-3-8-10(6(2)11(5)14)7(4-9(15)16)12(13)17-8/h3H,4H2,1-2H3,(H2,15,16). The van der Waals surface area contributed by atoms with Gasteiger partial charge >= 0.3 is 0 Å². The summed E-state index contributed by atoms with van der Waals surface area (Å²) in [4.78, 5) is 11.1. The highest BCUT2D eigenvalue weighted by atomic mass is 79.9. The molecule has 5 heteroatoms. The predicted octanol–water partition coefficient (Wildman–Crippen LogP) is 3.49. The van der Waals surface area contributed by atoms with Crippen LogP contribution in [0.2, 0.25) is 5.02 Å². The van der Waals surface area contributed by atoms with Gasteiger partial charge in [-0.25, -0.2) is 0 Å². The number of carbonyl (C=O) groups excluding carboxylic acids is 1. The summed E-state index contributed by atoms with van der Waals surface area (Å²) in [7, 11) is 0. The Bertz CT molecular complexity index is 619. The topological polar surface area (TPSA) is 56.2 Å². The maximum Gasteiger partial charge on any atom is 0.222 e. The molecule has 0 radical (unpaired) electrons. The van der Waals surface area contributed by atoms with E-state index in [4.69, 9.17) is 21.8 Å². The van der Waals surface area contributed by atoms with Gasteiger partial charge < -0.3 is 10.2 Å². The van der Waals surface area contributed by atoms with Crippen molar-refractivity contribution in [2.45, 2.75) is 20.3 Å². The van der Waals surface area contributed by atoms with Crippen LogP contribution in [0, 0.1) is 13.8 Å². The van der Waals surface area contributed by atoms with Gasteiger partial charge in [0.1, 0.15) is 5.58 Å². The van der Waals surface area contributed by atoms with Gasteiger partial charge in [0.2, 0.25) is 5.91 Å². The van der Waals surface area contributed by atoms with E-state index in [0.29, 0.717) is 15.3 Å². The fourth-order valence-corrected chi connectivity index (χ4v) is 2.63. The first-order valence-electron chi connectivity index (χ1n) is 5.06. The molecule has 1 aromatic heterocycles. The third-order valence-electron chi connectivity index (χ3n) is 2.73. The summed E-state index contributed by atoms with van der Waals surface area (Å²) in [6, 6.07) is 1.86. The zero-order valence-electron chi connectivity index (χ0n) is 9.43. The van der Waals surface area contributed by atoms with E-state index in [-0.39, 0.29) is 6.42 Å². The average Bonchev–Trinajstić information content (AvgIpc) is 2.51. The molecule has 2 N–H and O–H groups in total. The molecule has 0 atom stereocenters. The van der Waals surface area contributed by atoms with Crippen LogP contribution in [-0.4, -0.2) is 5.91 Å². The first kappa shape index (κ1) is 12.5. The first-order valence-corrected chi connectivity index (χ1v) is 6.23. The molecule has 0 bridgehead atoms. The van der Waals surface area contributed by atoms with Crippen LogP contribution in [0.4, 0.5) is 0 Å². The van der Waals surface area contributed by atoms with Crippen molar-refractivity contribution in [2.24, 2.45) is 5.73 Å². The molecule has 2 aromatic rings. The number of halogens is 2. The van der Waals surface area contributed by atoms with Gasteiger partial charge in [-0.15, -0.1) is 0 Å². The quantitative estimate of drug-likeness (QED) is 0.922. The van der Waals surface area contributed by atoms with Crippen molar-refractivity contribution in [3.63, 3.8) is 0 Å². The molecule has 0 saturated heterocycles. The van der Waals surface area contributed by atoms with Crippen molar-refractivity contribution < 1.29 is 9.21 Å². The van der Waals surface area contributed by atoms with E-state index in [9.17, 15) is 4.79 Å². The highest BCUT2D eigenvalue weighted by molar-refractivity contribution is 9.10. The lowest BCUT2D eigenvalue weighted by atomic mass is 10.0. The van der Waals surface area contributed by atoms with Gasteiger partial charge in [-0.05, 0) is 47.0 Å². The molecule has 1 heterocycles. The number of furan rings is 1. The van der Waals surface area contributed by atoms with Crippen LogP contribution in [0.25, 0.3) is 11.0 Å². The maximum atomic E-state index is 11.1. The SMILES string of the molecule is Cc1cc2oc(Br)c(CC(N)=O)c2c(C)c1Cl. The second-order valence-electron chi connectivity index (χ2n) is 4.00. The Morgan fingerprint density at radius 1 is 1.53 bits per heavy atom. The van der Waals surface area contributed by atoms with Gasteiger partial charge in [0.15, 0.2) is 4.67 Å². The van der Waals surface area contributed by atoms with Gasteiger partial charge in [0, 0.05) is 16.0 Å². The molecule has 17 heavy (non-hydrogen) atoms. The average molecular weight is 317 g/mol. The summed E-state index contributed by atoms with van der Waals surface area (Å²) in [5.74, 6) is -0.399. The predicted molar refractivity (Wildman–Crippen MR) is 71.3 cm³/mol. The Hall–Kier alpha value is -1.00. The summed E-state index contributed by atoms with van der Waals surface area (Å²) in [6.07, 6.45) is 0.133. The van der Waals surface area contributed by atoms with Crippen molar-refractivity contribution in [2.75, 3.05) is 0 Å². The van der Waals surface area contributed by atoms with E-state index in [1.54, 1.807) is 0 Å². The van der Waals surface area contributed by atoms with E-state index in [1.165, 1.54) is 0 Å².